The van der Waals surface area contributed by atoms with E-state index in [9.17, 15) is 9.18 Å². The van der Waals surface area contributed by atoms with Crippen LogP contribution in [0.25, 0.3) is 44.2 Å². The van der Waals surface area contributed by atoms with Crippen LogP contribution in [-0.2, 0) is 6.54 Å². The van der Waals surface area contributed by atoms with E-state index in [-0.39, 0.29) is 5.56 Å². The molecule has 6 rings (SSSR count). The summed E-state index contributed by atoms with van der Waals surface area (Å²) in [5, 5.41) is 2.55. The molecule has 0 amide bonds. The van der Waals surface area contributed by atoms with E-state index in [0.717, 1.165) is 41.5 Å². The zero-order valence-corrected chi connectivity index (χ0v) is 20.2. The highest BCUT2D eigenvalue weighted by Crippen LogP contribution is 2.35. The van der Waals surface area contributed by atoms with Gasteiger partial charge in [0.1, 0.15) is 5.82 Å². The molecule has 6 nitrogen and oxygen atoms in total. The smallest absolute Gasteiger partial charge is 0.260 e. The second-order valence-corrected chi connectivity index (χ2v) is 9.50. The Morgan fingerprint density at radius 2 is 1.78 bits per heavy atom. The number of hydrogen-bond acceptors (Lipinski definition) is 5. The summed E-state index contributed by atoms with van der Waals surface area (Å²) in [5.41, 5.74) is 2.80. The minimum Gasteiger partial charge on any atom is -0.313 e. The molecule has 8 heteroatoms. The molecule has 1 aromatic carbocycles. The molecule has 5 aromatic rings. The van der Waals surface area contributed by atoms with E-state index >= 15 is 0 Å². The highest BCUT2D eigenvalue weighted by Gasteiger charge is 2.18. The van der Waals surface area contributed by atoms with Crippen LogP contribution in [0.5, 0.6) is 0 Å². The molecule has 180 valence electrons. The van der Waals surface area contributed by atoms with Gasteiger partial charge in [-0.3, -0.25) is 9.78 Å². The van der Waals surface area contributed by atoms with Crippen LogP contribution in [0, 0.1) is 5.82 Å². The Kier molecular flexibility index (Phi) is 5.95. The molecule has 1 aliphatic rings. The lowest BCUT2D eigenvalue weighted by Crippen LogP contribution is -2.29. The monoisotopic (exact) mass is 499 g/mol. The molecule has 0 N–H and O–H groups in total. The Morgan fingerprint density at radius 1 is 0.917 bits per heavy atom. The van der Waals surface area contributed by atoms with Gasteiger partial charge in [0.15, 0.2) is 5.65 Å². The Bertz CT molecular complexity index is 1660. The van der Waals surface area contributed by atoms with Gasteiger partial charge in [-0.05, 0) is 79.3 Å². The molecule has 1 aliphatic heterocycles. The summed E-state index contributed by atoms with van der Waals surface area (Å²) in [6.45, 7) is 3.51. The van der Waals surface area contributed by atoms with Gasteiger partial charge < -0.3 is 9.47 Å². The number of halogens is 2. The predicted molar refractivity (Wildman–Crippen MR) is 141 cm³/mol. The molecule has 0 unspecified atom stereocenters. The van der Waals surface area contributed by atoms with Gasteiger partial charge in [0.25, 0.3) is 5.56 Å². The van der Waals surface area contributed by atoms with Gasteiger partial charge in [-0.15, -0.1) is 0 Å². The van der Waals surface area contributed by atoms with Gasteiger partial charge in [-0.25, -0.2) is 14.4 Å². The zero-order valence-electron chi connectivity index (χ0n) is 19.5. The maximum atomic E-state index is 14.8. The molecule has 0 spiro atoms. The number of likely N-dealkylation sites (tertiary alicyclic amines) is 1. The van der Waals surface area contributed by atoms with E-state index in [4.69, 9.17) is 11.6 Å². The van der Waals surface area contributed by atoms with Crippen molar-refractivity contribution >= 4 is 33.4 Å². The van der Waals surface area contributed by atoms with Crippen LogP contribution >= 0.6 is 11.6 Å². The van der Waals surface area contributed by atoms with E-state index in [0.29, 0.717) is 33.9 Å². The molecule has 5 heterocycles. The number of benzene rings is 1. The number of fused-ring (bicyclic) bond motifs is 2. The Balaban J connectivity index is 1.59. The molecular formula is C28H23ClFN5O. The van der Waals surface area contributed by atoms with Crippen molar-refractivity contribution in [3.63, 3.8) is 0 Å². The zero-order chi connectivity index (χ0) is 24.6. The lowest BCUT2D eigenvalue weighted by atomic mass is 9.97. The topological polar surface area (TPSA) is 63.9 Å². The van der Waals surface area contributed by atoms with Crippen LogP contribution in [0.2, 0.25) is 5.02 Å². The number of aromatic nitrogens is 4. The predicted octanol–water partition coefficient (Wildman–Crippen LogP) is 5.56. The molecule has 4 aromatic heterocycles. The number of nitrogens with zero attached hydrogens (tertiary/aromatic N) is 5. The van der Waals surface area contributed by atoms with Gasteiger partial charge >= 0.3 is 0 Å². The van der Waals surface area contributed by atoms with E-state index < -0.39 is 5.82 Å². The van der Waals surface area contributed by atoms with Gasteiger partial charge in [-0.2, -0.15) is 0 Å². The Morgan fingerprint density at radius 3 is 2.64 bits per heavy atom. The SMILES string of the molecule is O=c1c2cnccc2c(-c2cc(-c3cc(Cl)ccc3F)nc3ncccc23)cn1CCN1CCCC1. The van der Waals surface area contributed by atoms with Gasteiger partial charge in [0.2, 0.25) is 0 Å². The first-order valence-corrected chi connectivity index (χ1v) is 12.4. The summed E-state index contributed by atoms with van der Waals surface area (Å²) in [5.74, 6) is -0.419. The van der Waals surface area contributed by atoms with Crippen LogP contribution < -0.4 is 5.56 Å². The maximum absolute atomic E-state index is 14.8. The lowest BCUT2D eigenvalue weighted by molar-refractivity contribution is 0.321. The normalized spacial score (nSPS) is 14.2. The second kappa shape index (κ2) is 9.41. The van der Waals surface area contributed by atoms with Crippen molar-refractivity contribution < 1.29 is 4.39 Å². The van der Waals surface area contributed by atoms with Crippen LogP contribution in [0.3, 0.4) is 0 Å². The largest absolute Gasteiger partial charge is 0.313 e. The minimum absolute atomic E-state index is 0.0707. The fourth-order valence-electron chi connectivity index (χ4n) is 4.99. The number of pyridine rings is 4. The van der Waals surface area contributed by atoms with Crippen molar-refractivity contribution in [2.45, 2.75) is 19.4 Å². The first kappa shape index (κ1) is 22.8. The van der Waals surface area contributed by atoms with Crippen LogP contribution in [0.4, 0.5) is 4.39 Å². The third kappa shape index (κ3) is 4.14. The quantitative estimate of drug-likeness (QED) is 0.317. The molecule has 0 bridgehead atoms. The van der Waals surface area contributed by atoms with E-state index in [1.54, 1.807) is 29.2 Å². The third-order valence-corrected chi connectivity index (χ3v) is 7.06. The average Bonchev–Trinajstić information content (AvgIpc) is 3.43. The number of hydrogen-bond donors (Lipinski definition) is 0. The van der Waals surface area contributed by atoms with Crippen LogP contribution in [0.1, 0.15) is 12.8 Å². The van der Waals surface area contributed by atoms with Gasteiger partial charge in [0.05, 0.1) is 11.1 Å². The summed E-state index contributed by atoms with van der Waals surface area (Å²) in [7, 11) is 0. The molecule has 0 saturated carbocycles. The van der Waals surface area contributed by atoms with Gasteiger partial charge in [0, 0.05) is 59.4 Å². The summed E-state index contributed by atoms with van der Waals surface area (Å²) >= 11 is 6.19. The molecule has 1 fully saturated rings. The fraction of sp³-hybridized carbons (Fsp3) is 0.214. The lowest BCUT2D eigenvalue weighted by Gasteiger charge is -2.18. The van der Waals surface area contributed by atoms with E-state index in [1.165, 1.54) is 25.0 Å². The Labute approximate surface area is 212 Å². The molecule has 0 aliphatic carbocycles. The molecule has 0 radical (unpaired) electrons. The van der Waals surface area contributed by atoms with Crippen molar-refractivity contribution in [1.82, 2.24) is 24.4 Å². The first-order chi connectivity index (χ1) is 17.6. The van der Waals surface area contributed by atoms with Gasteiger partial charge in [-0.1, -0.05) is 11.6 Å². The summed E-state index contributed by atoms with van der Waals surface area (Å²) in [6.07, 6.45) is 9.25. The van der Waals surface area contributed by atoms with Crippen molar-refractivity contribution in [2.75, 3.05) is 19.6 Å². The Hall–Kier alpha value is -3.68. The number of rotatable bonds is 5. The molecule has 0 atom stereocenters. The first-order valence-electron chi connectivity index (χ1n) is 12.0. The van der Waals surface area contributed by atoms with Crippen molar-refractivity contribution in [3.05, 3.63) is 88.4 Å². The van der Waals surface area contributed by atoms with Crippen LogP contribution in [0.15, 0.2) is 72.0 Å². The highest BCUT2D eigenvalue weighted by atomic mass is 35.5. The molecule has 1 saturated heterocycles. The van der Waals surface area contributed by atoms with Crippen molar-refractivity contribution in [1.29, 1.82) is 0 Å². The van der Waals surface area contributed by atoms with Crippen LogP contribution in [-0.4, -0.2) is 44.1 Å². The summed E-state index contributed by atoms with van der Waals surface area (Å²) in [4.78, 5) is 29.1. The molecular weight excluding hydrogens is 477 g/mol. The maximum Gasteiger partial charge on any atom is 0.260 e. The third-order valence-electron chi connectivity index (χ3n) is 6.82. The molecule has 36 heavy (non-hydrogen) atoms. The minimum atomic E-state index is -0.419. The van der Waals surface area contributed by atoms with E-state index in [2.05, 4.69) is 19.9 Å². The second-order valence-electron chi connectivity index (χ2n) is 9.07. The van der Waals surface area contributed by atoms with Crippen molar-refractivity contribution in [2.24, 2.45) is 0 Å². The van der Waals surface area contributed by atoms with Crippen molar-refractivity contribution in [3.8, 4) is 22.4 Å². The summed E-state index contributed by atoms with van der Waals surface area (Å²) in [6, 6.07) is 11.9. The fourth-order valence-corrected chi connectivity index (χ4v) is 5.16. The standard InChI is InChI=1S/C28H23ClFN5O/c29-18-5-6-25(30)22(14-18)26-15-21(20-4-3-8-32-27(20)33-26)24-17-35(13-12-34-10-1-2-11-34)28(36)23-16-31-9-7-19(23)24/h3-9,14-17H,1-2,10-13H2. The van der Waals surface area contributed by atoms with E-state index in [1.807, 2.05) is 30.5 Å². The average molecular weight is 500 g/mol. The summed E-state index contributed by atoms with van der Waals surface area (Å²) < 4.78 is 16.6. The highest BCUT2D eigenvalue weighted by molar-refractivity contribution is 6.30.